The van der Waals surface area contributed by atoms with E-state index < -0.39 is 0 Å². The van der Waals surface area contributed by atoms with Crippen LogP contribution in [0.25, 0.3) is 0 Å². The van der Waals surface area contributed by atoms with Crippen LogP contribution in [0.15, 0.2) is 12.3 Å². The minimum absolute atomic E-state index is 0.0457. The summed E-state index contributed by atoms with van der Waals surface area (Å²) in [7, 11) is 0. The van der Waals surface area contributed by atoms with E-state index in [4.69, 9.17) is 18.9 Å². The molecule has 0 atom stereocenters. The first kappa shape index (κ1) is 23.4. The molecule has 0 amide bonds. The zero-order valence-electron chi connectivity index (χ0n) is 16.3. The summed E-state index contributed by atoms with van der Waals surface area (Å²) in [6.45, 7) is 8.82. The van der Waals surface area contributed by atoms with Crippen molar-refractivity contribution >= 4 is 0 Å². The molecule has 0 heterocycles. The maximum atomic E-state index is 5.52. The molecule has 0 spiro atoms. The highest BCUT2D eigenvalue weighted by molar-refractivity contribution is 4.72. The van der Waals surface area contributed by atoms with Crippen LogP contribution in [0.3, 0.4) is 0 Å². The quantitative estimate of drug-likeness (QED) is 0.168. The van der Waals surface area contributed by atoms with E-state index in [0.29, 0.717) is 20.0 Å². The number of allylic oxidation sites excluding steroid dienone is 1. The van der Waals surface area contributed by atoms with Crippen LogP contribution in [0.1, 0.15) is 85.0 Å². The summed E-state index contributed by atoms with van der Waals surface area (Å²) in [6.07, 6.45) is 15.7. The van der Waals surface area contributed by atoms with Gasteiger partial charge in [0.25, 0.3) is 0 Å². The molecule has 0 N–H and O–H groups in total. The van der Waals surface area contributed by atoms with E-state index in [2.05, 4.69) is 13.0 Å². The molecule has 0 bridgehead atoms. The van der Waals surface area contributed by atoms with Crippen molar-refractivity contribution in [3.63, 3.8) is 0 Å². The fourth-order valence-corrected chi connectivity index (χ4v) is 2.43. The molecule has 0 aliphatic carbocycles. The van der Waals surface area contributed by atoms with Gasteiger partial charge in [0, 0.05) is 13.2 Å². The molecule has 144 valence electrons. The molecule has 24 heavy (non-hydrogen) atoms. The van der Waals surface area contributed by atoms with Crippen molar-refractivity contribution in [1.29, 1.82) is 0 Å². The number of unbranched alkanes of at least 4 members (excludes halogenated alkanes) is 7. The summed E-state index contributed by atoms with van der Waals surface area (Å²) in [6, 6.07) is 0. The Labute approximate surface area is 149 Å². The Morgan fingerprint density at radius 2 is 1.50 bits per heavy atom. The fourth-order valence-electron chi connectivity index (χ4n) is 2.43. The first-order chi connectivity index (χ1) is 11.8. The number of hydrogen-bond donors (Lipinski definition) is 0. The van der Waals surface area contributed by atoms with Crippen molar-refractivity contribution in [2.75, 3.05) is 26.6 Å². The van der Waals surface area contributed by atoms with E-state index >= 15 is 0 Å². The highest BCUT2D eigenvalue weighted by Crippen LogP contribution is 2.09. The average Bonchev–Trinajstić information content (AvgIpc) is 2.58. The van der Waals surface area contributed by atoms with Crippen molar-refractivity contribution in [2.24, 2.45) is 0 Å². The molecular formula is C20H40O4. The maximum absolute atomic E-state index is 5.52. The highest BCUT2D eigenvalue weighted by Gasteiger charge is 2.06. The molecule has 0 aromatic rings. The Bertz CT molecular complexity index is 250. The lowest BCUT2D eigenvalue weighted by atomic mass is 10.1. The van der Waals surface area contributed by atoms with E-state index in [-0.39, 0.29) is 6.29 Å². The Kier molecular flexibility index (Phi) is 20.0. The Morgan fingerprint density at radius 3 is 2.21 bits per heavy atom. The lowest BCUT2D eigenvalue weighted by molar-refractivity contribution is -0.140. The summed E-state index contributed by atoms with van der Waals surface area (Å²) >= 11 is 0. The second-order valence-electron chi connectivity index (χ2n) is 5.96. The third-order valence-electron chi connectivity index (χ3n) is 3.75. The Hall–Kier alpha value is -0.580. The zero-order valence-corrected chi connectivity index (χ0v) is 16.3. The van der Waals surface area contributed by atoms with Gasteiger partial charge in [-0.3, -0.25) is 0 Å². The van der Waals surface area contributed by atoms with E-state index in [1.165, 1.54) is 32.1 Å². The van der Waals surface area contributed by atoms with Gasteiger partial charge in [-0.1, -0.05) is 39.0 Å². The Balaban J connectivity index is 3.26. The lowest BCUT2D eigenvalue weighted by Gasteiger charge is -2.16. The third-order valence-corrected chi connectivity index (χ3v) is 3.75. The van der Waals surface area contributed by atoms with Gasteiger partial charge in [0.2, 0.25) is 0 Å². The molecule has 0 rings (SSSR count). The predicted molar refractivity (Wildman–Crippen MR) is 99.9 cm³/mol. The van der Waals surface area contributed by atoms with Gasteiger partial charge < -0.3 is 18.9 Å². The molecule has 0 aliphatic rings. The van der Waals surface area contributed by atoms with E-state index in [1.54, 1.807) is 6.26 Å². The van der Waals surface area contributed by atoms with E-state index in [9.17, 15) is 0 Å². The first-order valence-corrected chi connectivity index (χ1v) is 9.92. The van der Waals surface area contributed by atoms with Gasteiger partial charge in [-0.2, -0.15) is 0 Å². The topological polar surface area (TPSA) is 36.9 Å². The largest absolute Gasteiger partial charge is 0.475 e. The van der Waals surface area contributed by atoms with Crippen LogP contribution in [0.2, 0.25) is 0 Å². The van der Waals surface area contributed by atoms with Crippen molar-refractivity contribution in [3.8, 4) is 0 Å². The van der Waals surface area contributed by atoms with Gasteiger partial charge in [0.15, 0.2) is 13.1 Å². The number of rotatable bonds is 19. The van der Waals surface area contributed by atoms with Gasteiger partial charge in [0.1, 0.15) is 0 Å². The molecule has 0 fully saturated rings. The average molecular weight is 345 g/mol. The summed E-state index contributed by atoms with van der Waals surface area (Å²) in [5.74, 6) is 0. The molecule has 4 nitrogen and oxygen atoms in total. The second kappa shape index (κ2) is 20.5. The fraction of sp³-hybridized carbons (Fsp3) is 0.900. The normalized spacial score (nSPS) is 11.7. The summed E-state index contributed by atoms with van der Waals surface area (Å²) in [5, 5.41) is 0. The van der Waals surface area contributed by atoms with Gasteiger partial charge >= 0.3 is 0 Å². The van der Waals surface area contributed by atoms with Crippen molar-refractivity contribution in [3.05, 3.63) is 12.3 Å². The van der Waals surface area contributed by atoms with Crippen LogP contribution in [0.5, 0.6) is 0 Å². The van der Waals surface area contributed by atoms with Crippen molar-refractivity contribution in [2.45, 2.75) is 91.3 Å². The third kappa shape index (κ3) is 17.8. The number of hydrogen-bond acceptors (Lipinski definition) is 4. The standard InChI is InChI=1S/C20H40O4/c1-4-7-8-9-11-14-17-21-19-22-18-15-12-10-13-16-20(23-5-2)24-6-3/h15,18,20H,4-14,16-17,19H2,1-3H3. The SMILES string of the molecule is CCCCCCCCOCOC=CCCCCC(OCC)OCC. The van der Waals surface area contributed by atoms with Gasteiger partial charge in [-0.15, -0.1) is 0 Å². The van der Waals surface area contributed by atoms with Gasteiger partial charge in [-0.05, 0) is 52.0 Å². The Morgan fingerprint density at radius 1 is 0.792 bits per heavy atom. The van der Waals surface area contributed by atoms with Crippen LogP contribution in [0.4, 0.5) is 0 Å². The summed E-state index contributed by atoms with van der Waals surface area (Å²) in [5.41, 5.74) is 0. The predicted octanol–water partition coefficient (Wildman–Crippen LogP) is 5.81. The molecule has 0 unspecified atom stereocenters. The van der Waals surface area contributed by atoms with E-state index in [0.717, 1.165) is 38.7 Å². The molecule has 0 radical (unpaired) electrons. The summed E-state index contributed by atoms with van der Waals surface area (Å²) < 4.78 is 21.8. The minimum atomic E-state index is -0.0457. The van der Waals surface area contributed by atoms with Gasteiger partial charge in [0.05, 0.1) is 12.9 Å². The van der Waals surface area contributed by atoms with Crippen LogP contribution < -0.4 is 0 Å². The minimum Gasteiger partial charge on any atom is -0.475 e. The highest BCUT2D eigenvalue weighted by atomic mass is 16.7. The summed E-state index contributed by atoms with van der Waals surface area (Å²) in [4.78, 5) is 0. The smallest absolute Gasteiger partial charge is 0.188 e. The molecule has 0 aliphatic heterocycles. The monoisotopic (exact) mass is 344 g/mol. The lowest BCUT2D eigenvalue weighted by Crippen LogP contribution is -2.17. The molecule has 0 aromatic heterocycles. The maximum Gasteiger partial charge on any atom is 0.188 e. The second-order valence-corrected chi connectivity index (χ2v) is 5.96. The molecule has 4 heteroatoms. The van der Waals surface area contributed by atoms with Crippen LogP contribution in [-0.2, 0) is 18.9 Å². The first-order valence-electron chi connectivity index (χ1n) is 9.92. The molecule has 0 saturated heterocycles. The number of ether oxygens (including phenoxy) is 4. The zero-order chi connectivity index (χ0) is 17.7. The van der Waals surface area contributed by atoms with Crippen molar-refractivity contribution in [1.82, 2.24) is 0 Å². The van der Waals surface area contributed by atoms with Crippen LogP contribution in [-0.4, -0.2) is 32.9 Å². The molecule has 0 aromatic carbocycles. The van der Waals surface area contributed by atoms with Gasteiger partial charge in [-0.25, -0.2) is 0 Å². The molecular weight excluding hydrogens is 304 g/mol. The van der Waals surface area contributed by atoms with E-state index in [1.807, 2.05) is 13.8 Å². The van der Waals surface area contributed by atoms with Crippen LogP contribution >= 0.6 is 0 Å². The van der Waals surface area contributed by atoms with Crippen LogP contribution in [0, 0.1) is 0 Å². The molecule has 0 saturated carbocycles. The van der Waals surface area contributed by atoms with Crippen molar-refractivity contribution < 1.29 is 18.9 Å².